The molecule has 0 atom stereocenters. The van der Waals surface area contributed by atoms with Crippen molar-refractivity contribution in [1.82, 2.24) is 0 Å². The van der Waals surface area contributed by atoms with Crippen LogP contribution in [0.3, 0.4) is 0 Å². The van der Waals surface area contributed by atoms with E-state index in [0.717, 1.165) is 15.5 Å². The Morgan fingerprint density at radius 2 is 1.31 bits per heavy atom. The monoisotopic (exact) mass is 268 g/mol. The van der Waals surface area contributed by atoms with Crippen LogP contribution in [0.5, 0.6) is 0 Å². The van der Waals surface area contributed by atoms with Crippen molar-refractivity contribution in [3.63, 3.8) is 0 Å². The molecule has 0 aliphatic heterocycles. The fourth-order valence-corrected chi connectivity index (χ4v) is 1.84. The number of benzene rings is 2. The molecule has 0 aliphatic carbocycles. The first-order valence-electron chi connectivity index (χ1n) is 4.89. The first-order valence-corrected chi connectivity index (χ1v) is 6.59. The molecule has 2 rings (SSSR count). The molecule has 0 heterocycles. The Labute approximate surface area is 101 Å². The molecule has 1 nitrogen and oxygen atoms in total. The average Bonchev–Trinajstić information content (AvgIpc) is 2.38. The van der Waals surface area contributed by atoms with Gasteiger partial charge in [-0.3, -0.25) is 0 Å². The Morgan fingerprint density at radius 3 is 1.88 bits per heavy atom. The van der Waals surface area contributed by atoms with E-state index < -0.39 is 15.7 Å². The molecular weight excluding hydrogens is 259 g/mol. The average molecular weight is 268 g/mol. The van der Waals surface area contributed by atoms with Crippen LogP contribution >= 0.6 is 0 Å². The molecule has 2 heteroatoms. The second kappa shape index (κ2) is 5.44. The van der Waals surface area contributed by atoms with Crippen molar-refractivity contribution >= 4 is 20.0 Å². The number of hydrogen-bond donors (Lipinski definition) is 0. The molecule has 0 amide bonds. The zero-order chi connectivity index (χ0) is 11.2. The molecule has 0 saturated heterocycles. The van der Waals surface area contributed by atoms with Crippen molar-refractivity contribution in [3.05, 3.63) is 65.7 Å². The third-order valence-corrected chi connectivity index (χ3v) is 3.17. The van der Waals surface area contributed by atoms with Crippen molar-refractivity contribution in [2.75, 3.05) is 0 Å². The zero-order valence-corrected chi connectivity index (χ0v) is 10.4. The molecule has 0 bridgehead atoms. The van der Waals surface area contributed by atoms with E-state index in [0.29, 0.717) is 0 Å². The van der Waals surface area contributed by atoms with Gasteiger partial charge in [0.25, 0.3) is 0 Å². The van der Waals surface area contributed by atoms with Gasteiger partial charge >= 0.3 is 101 Å². The van der Waals surface area contributed by atoms with Crippen molar-refractivity contribution in [1.29, 1.82) is 0 Å². The van der Waals surface area contributed by atoms with Gasteiger partial charge in [0, 0.05) is 0 Å². The van der Waals surface area contributed by atoms with E-state index in [1.807, 2.05) is 54.6 Å². The van der Waals surface area contributed by atoms with Gasteiger partial charge in [-0.1, -0.05) is 0 Å². The van der Waals surface area contributed by atoms with Crippen LogP contribution in [-0.2, 0) is 3.74 Å². The molecular formula is C14H9AsO. The van der Waals surface area contributed by atoms with Gasteiger partial charge in [-0.15, -0.1) is 0 Å². The van der Waals surface area contributed by atoms with Gasteiger partial charge in [-0.2, -0.15) is 0 Å². The Hall–Kier alpha value is -1.64. The minimum absolute atomic E-state index is 0.890. The van der Waals surface area contributed by atoms with Gasteiger partial charge in [-0.25, -0.2) is 0 Å². The van der Waals surface area contributed by atoms with E-state index >= 15 is 0 Å². The van der Waals surface area contributed by atoms with Crippen molar-refractivity contribution < 1.29 is 3.74 Å². The second-order valence-corrected chi connectivity index (χ2v) is 4.72. The molecule has 0 unspecified atom stereocenters. The molecule has 0 spiro atoms. The predicted octanol–water partition coefficient (Wildman–Crippen LogP) is 1.76. The Kier molecular flexibility index (Phi) is 3.70. The maximum atomic E-state index is 10.7. The fraction of sp³-hybridized carbons (Fsp3) is 0. The third kappa shape index (κ3) is 2.92. The molecule has 0 saturated carbocycles. The van der Waals surface area contributed by atoms with Gasteiger partial charge in [0.05, 0.1) is 0 Å². The molecule has 0 radical (unpaired) electrons. The summed E-state index contributed by atoms with van der Waals surface area (Å²) >= 11 is -0.926. The minimum atomic E-state index is -0.926. The normalized spacial score (nSPS) is 9.50. The summed E-state index contributed by atoms with van der Waals surface area (Å²) in [7, 11) is 0. The fourth-order valence-electron chi connectivity index (χ4n) is 1.27. The third-order valence-electron chi connectivity index (χ3n) is 2.10. The van der Waals surface area contributed by atoms with E-state index in [-0.39, 0.29) is 0 Å². The van der Waals surface area contributed by atoms with E-state index in [9.17, 15) is 3.74 Å². The summed E-state index contributed by atoms with van der Waals surface area (Å²) in [5.74, 6) is 6.15. The van der Waals surface area contributed by atoms with Crippen LogP contribution in [0.2, 0.25) is 0 Å². The molecule has 0 aromatic heterocycles. The van der Waals surface area contributed by atoms with Gasteiger partial charge in [0.2, 0.25) is 0 Å². The van der Waals surface area contributed by atoms with Gasteiger partial charge < -0.3 is 0 Å². The summed E-state index contributed by atoms with van der Waals surface area (Å²) in [6.07, 6.45) is 0. The summed E-state index contributed by atoms with van der Waals surface area (Å²) in [6, 6.07) is 17.4. The van der Waals surface area contributed by atoms with Gasteiger partial charge in [0.15, 0.2) is 0 Å². The Morgan fingerprint density at radius 1 is 0.750 bits per heavy atom. The molecule has 2 aromatic carbocycles. The second-order valence-electron chi connectivity index (χ2n) is 3.25. The summed E-state index contributed by atoms with van der Waals surface area (Å²) in [4.78, 5) is 0. The van der Waals surface area contributed by atoms with Crippen molar-refractivity contribution in [2.45, 2.75) is 0 Å². The number of hydrogen-bond acceptors (Lipinski definition) is 1. The summed E-state index contributed by atoms with van der Waals surface area (Å²) in [5.41, 5.74) is 1.95. The zero-order valence-electron chi connectivity index (χ0n) is 8.55. The van der Waals surface area contributed by atoms with Crippen LogP contribution in [0.1, 0.15) is 11.1 Å². The van der Waals surface area contributed by atoms with E-state index in [4.69, 9.17) is 0 Å². The van der Waals surface area contributed by atoms with Crippen LogP contribution in [0.25, 0.3) is 0 Å². The SMILES string of the molecule is O=[As]c1ccc(C#Cc2ccccc2)cc1. The number of rotatable bonds is 1. The molecule has 0 aliphatic rings. The first-order chi connectivity index (χ1) is 7.88. The summed E-state index contributed by atoms with van der Waals surface area (Å²) < 4.78 is 11.6. The van der Waals surface area contributed by atoms with Gasteiger partial charge in [-0.05, 0) is 0 Å². The Balaban J connectivity index is 2.21. The van der Waals surface area contributed by atoms with Crippen LogP contribution < -0.4 is 4.35 Å². The molecule has 76 valence electrons. The summed E-state index contributed by atoms with van der Waals surface area (Å²) in [6.45, 7) is 0. The van der Waals surface area contributed by atoms with E-state index in [1.165, 1.54) is 0 Å². The predicted molar refractivity (Wildman–Crippen MR) is 64.9 cm³/mol. The van der Waals surface area contributed by atoms with Crippen molar-refractivity contribution in [2.24, 2.45) is 0 Å². The standard InChI is InChI=1S/C14H9AsO/c16-15-14-10-8-13(9-11-14)7-6-12-4-2-1-3-5-12/h1-5,8-11H. The van der Waals surface area contributed by atoms with E-state index in [2.05, 4.69) is 11.8 Å². The maximum absolute atomic E-state index is 10.7. The van der Waals surface area contributed by atoms with Gasteiger partial charge in [0.1, 0.15) is 0 Å². The quantitative estimate of drug-likeness (QED) is 0.569. The van der Waals surface area contributed by atoms with Crippen LogP contribution in [0.4, 0.5) is 0 Å². The van der Waals surface area contributed by atoms with E-state index in [1.54, 1.807) is 0 Å². The van der Waals surface area contributed by atoms with Crippen molar-refractivity contribution in [3.8, 4) is 11.8 Å². The molecule has 16 heavy (non-hydrogen) atoms. The summed E-state index contributed by atoms with van der Waals surface area (Å²) in [5, 5.41) is 0. The van der Waals surface area contributed by atoms with Crippen LogP contribution in [0.15, 0.2) is 54.6 Å². The molecule has 0 N–H and O–H groups in total. The topological polar surface area (TPSA) is 17.1 Å². The first kappa shape index (κ1) is 10.9. The molecule has 0 fully saturated rings. The van der Waals surface area contributed by atoms with Crippen LogP contribution in [-0.4, -0.2) is 15.7 Å². The molecule has 2 aromatic rings. The van der Waals surface area contributed by atoms with Crippen LogP contribution in [0, 0.1) is 11.8 Å². The Bertz CT molecular complexity index is 532.